The molecule has 0 radical (unpaired) electrons. The molecule has 0 N–H and O–H groups in total. The molecule has 35 heavy (non-hydrogen) atoms. The van der Waals surface area contributed by atoms with E-state index in [-0.39, 0.29) is 23.6 Å². The Morgan fingerprint density at radius 1 is 1.03 bits per heavy atom. The number of furan rings is 1. The van der Waals surface area contributed by atoms with Crippen molar-refractivity contribution >= 4 is 29.3 Å². The van der Waals surface area contributed by atoms with E-state index in [1.807, 2.05) is 12.1 Å². The number of benzene rings is 2. The summed E-state index contributed by atoms with van der Waals surface area (Å²) in [5, 5.41) is 4.83. The molecule has 9 heteroatoms. The van der Waals surface area contributed by atoms with Crippen LogP contribution in [0.1, 0.15) is 48.1 Å². The van der Waals surface area contributed by atoms with E-state index in [9.17, 15) is 14.4 Å². The molecule has 174 valence electrons. The molecule has 8 nitrogen and oxygen atoms in total. The van der Waals surface area contributed by atoms with Gasteiger partial charge in [-0.3, -0.25) is 19.3 Å². The van der Waals surface area contributed by atoms with E-state index in [1.54, 1.807) is 35.2 Å². The number of carbonyl (C=O) groups is 3. The Kier molecular flexibility index (Phi) is 5.04. The minimum atomic E-state index is -0.443. The first-order chi connectivity index (χ1) is 17.0. The molecule has 4 heterocycles. The van der Waals surface area contributed by atoms with Crippen molar-refractivity contribution < 1.29 is 23.3 Å². The molecule has 0 saturated carbocycles. The number of rotatable bonds is 4. The van der Waals surface area contributed by atoms with Gasteiger partial charge in [-0.25, -0.2) is 0 Å². The summed E-state index contributed by atoms with van der Waals surface area (Å²) in [5.41, 5.74) is 3.39. The van der Waals surface area contributed by atoms with Crippen molar-refractivity contribution in [2.24, 2.45) is 0 Å². The molecule has 2 aliphatic heterocycles. The lowest BCUT2D eigenvalue weighted by Crippen LogP contribution is -2.36. The quantitative estimate of drug-likeness (QED) is 0.391. The Hall–Kier alpha value is -4.17. The molecule has 0 bridgehead atoms. The number of fused-ring (bicyclic) bond motifs is 2. The SMILES string of the molecule is O=C(c1ccc2c(c1)C(=O)N(Cc1ccco1)C2=O)N1CCc2c(noc2-c2ccc(Cl)cc2)C1. The smallest absolute Gasteiger partial charge is 0.261 e. The summed E-state index contributed by atoms with van der Waals surface area (Å²) in [4.78, 5) is 41.7. The van der Waals surface area contributed by atoms with E-state index in [2.05, 4.69) is 5.16 Å². The maximum atomic E-state index is 13.3. The molecule has 0 fully saturated rings. The van der Waals surface area contributed by atoms with Crippen LogP contribution < -0.4 is 0 Å². The topological polar surface area (TPSA) is 96.9 Å². The van der Waals surface area contributed by atoms with Crippen LogP contribution in [-0.2, 0) is 19.5 Å². The number of hydrogen-bond acceptors (Lipinski definition) is 6. The van der Waals surface area contributed by atoms with Gasteiger partial charge in [0.2, 0.25) is 0 Å². The zero-order valence-corrected chi connectivity index (χ0v) is 19.1. The molecule has 4 aromatic rings. The maximum Gasteiger partial charge on any atom is 0.261 e. The van der Waals surface area contributed by atoms with Crippen molar-refractivity contribution in [3.05, 3.63) is 99.6 Å². The predicted octanol–water partition coefficient (Wildman–Crippen LogP) is 4.58. The lowest BCUT2D eigenvalue weighted by atomic mass is 9.99. The van der Waals surface area contributed by atoms with Crippen LogP contribution in [-0.4, -0.2) is 39.2 Å². The summed E-state index contributed by atoms with van der Waals surface area (Å²) in [5.74, 6) is 0.105. The molecule has 0 spiro atoms. The van der Waals surface area contributed by atoms with E-state index in [4.69, 9.17) is 20.5 Å². The Morgan fingerprint density at radius 2 is 1.83 bits per heavy atom. The van der Waals surface area contributed by atoms with Gasteiger partial charge in [-0.05, 0) is 61.0 Å². The third-order valence-corrected chi connectivity index (χ3v) is 6.60. The van der Waals surface area contributed by atoms with Crippen molar-refractivity contribution in [3.63, 3.8) is 0 Å². The molecule has 3 amide bonds. The highest BCUT2D eigenvalue weighted by Gasteiger charge is 2.37. The van der Waals surface area contributed by atoms with Gasteiger partial charge in [0, 0.05) is 28.3 Å². The third kappa shape index (κ3) is 3.63. The Labute approximate surface area is 204 Å². The summed E-state index contributed by atoms with van der Waals surface area (Å²) in [7, 11) is 0. The first-order valence-electron chi connectivity index (χ1n) is 11.0. The number of halogens is 1. The van der Waals surface area contributed by atoms with E-state index in [0.717, 1.165) is 16.0 Å². The van der Waals surface area contributed by atoms with Gasteiger partial charge in [0.15, 0.2) is 5.76 Å². The van der Waals surface area contributed by atoms with Gasteiger partial charge in [0.25, 0.3) is 17.7 Å². The van der Waals surface area contributed by atoms with Gasteiger partial charge < -0.3 is 13.8 Å². The van der Waals surface area contributed by atoms with Crippen molar-refractivity contribution in [1.82, 2.24) is 15.0 Å². The average Bonchev–Trinajstić information content (AvgIpc) is 3.60. The molecule has 2 aliphatic rings. The van der Waals surface area contributed by atoms with Gasteiger partial charge in [-0.2, -0.15) is 0 Å². The molecule has 6 rings (SSSR count). The largest absolute Gasteiger partial charge is 0.467 e. The molecule has 0 unspecified atom stereocenters. The Morgan fingerprint density at radius 3 is 2.60 bits per heavy atom. The summed E-state index contributed by atoms with van der Waals surface area (Å²) in [6.07, 6.45) is 2.07. The van der Waals surface area contributed by atoms with Gasteiger partial charge >= 0.3 is 0 Å². The highest BCUT2D eigenvalue weighted by Crippen LogP contribution is 2.32. The van der Waals surface area contributed by atoms with Crippen LogP contribution >= 0.6 is 11.6 Å². The van der Waals surface area contributed by atoms with Crippen LogP contribution in [0.25, 0.3) is 11.3 Å². The minimum absolute atomic E-state index is 0.0413. The van der Waals surface area contributed by atoms with Gasteiger partial charge in [-0.15, -0.1) is 0 Å². The number of hydrogen-bond donors (Lipinski definition) is 0. The molecule has 0 saturated heterocycles. The summed E-state index contributed by atoms with van der Waals surface area (Å²) >= 11 is 5.98. The lowest BCUT2D eigenvalue weighted by molar-refractivity contribution is 0.0631. The average molecular weight is 488 g/mol. The van der Waals surface area contributed by atoms with Gasteiger partial charge in [-0.1, -0.05) is 16.8 Å². The second-order valence-electron chi connectivity index (χ2n) is 8.46. The van der Waals surface area contributed by atoms with Gasteiger partial charge in [0.05, 0.1) is 30.5 Å². The molecule has 2 aromatic heterocycles. The zero-order valence-electron chi connectivity index (χ0n) is 18.4. The van der Waals surface area contributed by atoms with E-state index < -0.39 is 11.8 Å². The molecule has 0 aliphatic carbocycles. The Balaban J connectivity index is 1.22. The van der Waals surface area contributed by atoms with Crippen molar-refractivity contribution in [2.45, 2.75) is 19.5 Å². The molecule has 2 aromatic carbocycles. The summed E-state index contributed by atoms with van der Waals surface area (Å²) in [6.45, 7) is 0.807. The highest BCUT2D eigenvalue weighted by molar-refractivity contribution is 6.30. The fourth-order valence-corrected chi connectivity index (χ4v) is 4.67. The van der Waals surface area contributed by atoms with E-state index in [0.29, 0.717) is 47.3 Å². The number of aromatic nitrogens is 1. The number of nitrogens with zero attached hydrogens (tertiary/aromatic N) is 3. The second-order valence-corrected chi connectivity index (χ2v) is 8.89. The van der Waals surface area contributed by atoms with Crippen LogP contribution in [0.4, 0.5) is 0 Å². The lowest BCUT2D eigenvalue weighted by Gasteiger charge is -2.26. The normalized spacial score (nSPS) is 14.9. The number of amides is 3. The fourth-order valence-electron chi connectivity index (χ4n) is 4.54. The van der Waals surface area contributed by atoms with Crippen LogP contribution in [0, 0.1) is 0 Å². The van der Waals surface area contributed by atoms with Gasteiger partial charge in [0.1, 0.15) is 11.5 Å². The molecular formula is C26H18ClN3O5. The number of imide groups is 1. The van der Waals surface area contributed by atoms with Crippen LogP contribution in [0.3, 0.4) is 0 Å². The second kappa shape index (κ2) is 8.25. The first kappa shape index (κ1) is 21.4. The first-order valence-corrected chi connectivity index (χ1v) is 11.4. The zero-order chi connectivity index (χ0) is 24.1. The fraction of sp³-hybridized carbons (Fsp3) is 0.154. The minimum Gasteiger partial charge on any atom is -0.467 e. The standard InChI is InChI=1S/C26H18ClN3O5/c27-17-6-3-15(4-7-17)23-20-9-10-29(14-22(20)28-35-23)24(31)16-5-8-19-21(12-16)26(33)30(25(19)32)13-18-2-1-11-34-18/h1-8,11-12H,9-10,13-14H2. The van der Waals surface area contributed by atoms with Crippen molar-refractivity contribution in [3.8, 4) is 11.3 Å². The van der Waals surface area contributed by atoms with Crippen molar-refractivity contribution in [2.75, 3.05) is 6.54 Å². The Bertz CT molecular complexity index is 1470. The van der Waals surface area contributed by atoms with E-state index in [1.165, 1.54) is 18.4 Å². The van der Waals surface area contributed by atoms with Crippen LogP contribution in [0.5, 0.6) is 0 Å². The molecular weight excluding hydrogens is 470 g/mol. The third-order valence-electron chi connectivity index (χ3n) is 6.35. The maximum absolute atomic E-state index is 13.3. The molecule has 0 atom stereocenters. The van der Waals surface area contributed by atoms with Crippen LogP contribution in [0.2, 0.25) is 5.02 Å². The summed E-state index contributed by atoms with van der Waals surface area (Å²) in [6, 6.07) is 15.3. The monoisotopic (exact) mass is 487 g/mol. The number of carbonyl (C=O) groups excluding carboxylic acids is 3. The highest BCUT2D eigenvalue weighted by atomic mass is 35.5. The van der Waals surface area contributed by atoms with E-state index >= 15 is 0 Å². The summed E-state index contributed by atoms with van der Waals surface area (Å²) < 4.78 is 10.9. The van der Waals surface area contributed by atoms with Crippen molar-refractivity contribution in [1.29, 1.82) is 0 Å². The van der Waals surface area contributed by atoms with Crippen LogP contribution in [0.15, 0.2) is 69.8 Å². The predicted molar refractivity (Wildman–Crippen MR) is 125 cm³/mol.